The number of nitrogens with zero attached hydrogens (tertiary/aromatic N) is 1. The number of hydrogen-bond acceptors (Lipinski definition) is 1. The van der Waals surface area contributed by atoms with Crippen LogP contribution >= 0.6 is 0 Å². The number of aromatic nitrogens is 1. The summed E-state index contributed by atoms with van der Waals surface area (Å²) in [5.41, 5.74) is 3.94. The second-order valence-electron chi connectivity index (χ2n) is 7.29. The van der Waals surface area contributed by atoms with Crippen molar-refractivity contribution in [3.8, 4) is 11.1 Å². The monoisotopic (exact) mass is 359 g/mol. The standard InChI is InChI=1S/C26H17NO/c1-27-13-5-7-19(16-27)21-9-4-10-22-24-14-18-12-11-17-6-2-3-8-20(17)23(18)15-25(24)28-26(21)22/h2-15H,1H3. The van der Waals surface area contributed by atoms with E-state index in [2.05, 4.69) is 79.0 Å². The Morgan fingerprint density at radius 3 is 2.50 bits per heavy atom. The van der Waals surface area contributed by atoms with Gasteiger partial charge in [-0.3, -0.25) is 4.57 Å². The first-order valence-corrected chi connectivity index (χ1v) is 9.43. The Kier molecular flexibility index (Phi) is 3.12. The molecule has 0 N–H and O–H groups in total. The number of furan rings is 1. The van der Waals surface area contributed by atoms with E-state index in [-0.39, 0.29) is 0 Å². The molecule has 0 atom stereocenters. The Bertz CT molecular complexity index is 1520. The fourth-order valence-electron chi connectivity index (χ4n) is 4.19. The third kappa shape index (κ3) is 2.18. The van der Waals surface area contributed by atoms with Gasteiger partial charge in [-0.05, 0) is 33.7 Å². The summed E-state index contributed by atoms with van der Waals surface area (Å²) in [6, 6.07) is 27.8. The van der Waals surface area contributed by atoms with Crippen LogP contribution in [0.1, 0.15) is 0 Å². The third-order valence-corrected chi connectivity index (χ3v) is 5.52. The number of aryl methyl sites for hydroxylation is 1. The molecule has 0 fully saturated rings. The summed E-state index contributed by atoms with van der Waals surface area (Å²) in [6.45, 7) is 0. The summed E-state index contributed by atoms with van der Waals surface area (Å²) in [5, 5.41) is 7.26. The van der Waals surface area contributed by atoms with Gasteiger partial charge in [0.1, 0.15) is 18.2 Å². The van der Waals surface area contributed by atoms with Gasteiger partial charge < -0.3 is 4.42 Å². The highest BCUT2D eigenvalue weighted by Crippen LogP contribution is 2.38. The van der Waals surface area contributed by atoms with Crippen molar-refractivity contribution in [2.24, 2.45) is 7.05 Å². The summed E-state index contributed by atoms with van der Waals surface area (Å²) in [6.07, 6.45) is 5.36. The number of fused-ring (bicyclic) bond motifs is 6. The van der Waals surface area contributed by atoms with E-state index in [4.69, 9.17) is 4.42 Å². The second kappa shape index (κ2) is 5.67. The molecule has 6 aromatic rings. The number of hydrogen-bond donors (Lipinski definition) is 0. The molecule has 0 bridgehead atoms. The van der Waals surface area contributed by atoms with Crippen LogP contribution in [-0.4, -0.2) is 0 Å². The van der Waals surface area contributed by atoms with E-state index >= 15 is 0 Å². The second-order valence-corrected chi connectivity index (χ2v) is 7.29. The molecule has 4 aromatic carbocycles. The molecule has 2 nitrogen and oxygen atoms in total. The van der Waals surface area contributed by atoms with Crippen LogP contribution in [0.2, 0.25) is 0 Å². The molecule has 0 saturated heterocycles. The molecule has 2 heterocycles. The molecule has 6 rings (SSSR count). The molecule has 0 aliphatic carbocycles. The maximum atomic E-state index is 6.41. The first kappa shape index (κ1) is 15.4. The van der Waals surface area contributed by atoms with Gasteiger partial charge in [-0.2, -0.15) is 0 Å². The lowest BCUT2D eigenvalue weighted by Crippen LogP contribution is -2.26. The van der Waals surface area contributed by atoms with Crippen molar-refractivity contribution >= 4 is 43.5 Å². The van der Waals surface area contributed by atoms with Gasteiger partial charge in [-0.25, -0.2) is 0 Å². The first-order valence-electron chi connectivity index (χ1n) is 9.43. The summed E-state index contributed by atoms with van der Waals surface area (Å²) >= 11 is 0. The molecule has 0 amide bonds. The smallest absolute Gasteiger partial charge is 0.153 e. The van der Waals surface area contributed by atoms with Crippen LogP contribution < -0.4 is 4.57 Å². The minimum atomic E-state index is 0.916. The maximum Gasteiger partial charge on any atom is 0.153 e. The summed E-state index contributed by atoms with van der Waals surface area (Å²) in [4.78, 5) is 0. The predicted octanol–water partition coefficient (Wildman–Crippen LogP) is 6.18. The van der Waals surface area contributed by atoms with Gasteiger partial charge in [0.15, 0.2) is 6.20 Å². The van der Waals surface area contributed by atoms with Crippen molar-refractivity contribution < 1.29 is 8.98 Å². The van der Waals surface area contributed by atoms with Crippen molar-refractivity contribution in [3.05, 3.63) is 91.3 Å². The van der Waals surface area contributed by atoms with E-state index in [0.717, 1.165) is 33.1 Å². The minimum absolute atomic E-state index is 0.916. The van der Waals surface area contributed by atoms with Crippen LogP contribution in [0.5, 0.6) is 0 Å². The summed E-state index contributed by atoms with van der Waals surface area (Å²) in [5.74, 6) is 0. The minimum Gasteiger partial charge on any atom is -0.465 e. The van der Waals surface area contributed by atoms with Crippen LogP contribution in [0.25, 0.3) is 54.6 Å². The van der Waals surface area contributed by atoms with Gasteiger partial charge in [-0.15, -0.1) is 6.07 Å². The number of pyridine rings is 1. The largest absolute Gasteiger partial charge is 0.465 e. The topological polar surface area (TPSA) is 17.0 Å². The number of para-hydroxylation sites is 1. The van der Waals surface area contributed by atoms with E-state index in [0.29, 0.717) is 0 Å². The zero-order valence-electron chi connectivity index (χ0n) is 15.4. The number of benzene rings is 4. The van der Waals surface area contributed by atoms with E-state index in [1.165, 1.54) is 21.5 Å². The lowest BCUT2D eigenvalue weighted by atomic mass is 9.99. The molecular weight excluding hydrogens is 342 g/mol. The van der Waals surface area contributed by atoms with Crippen LogP contribution in [-0.2, 0) is 7.05 Å². The van der Waals surface area contributed by atoms with Gasteiger partial charge in [0.2, 0.25) is 0 Å². The highest BCUT2D eigenvalue weighted by molar-refractivity contribution is 6.17. The molecule has 2 aromatic heterocycles. The lowest BCUT2D eigenvalue weighted by molar-refractivity contribution is -0.675. The Morgan fingerprint density at radius 2 is 1.57 bits per heavy atom. The van der Waals surface area contributed by atoms with Crippen LogP contribution in [0.3, 0.4) is 0 Å². The fourth-order valence-corrected chi connectivity index (χ4v) is 4.19. The summed E-state index contributed by atoms with van der Waals surface area (Å²) < 4.78 is 8.35. The molecule has 2 heteroatoms. The SMILES string of the molecule is C[n+]1[c-]c(-c2cccc3c2oc2cc4c(ccc5ccccc54)cc23)ccc1. The molecule has 28 heavy (non-hydrogen) atoms. The Morgan fingerprint density at radius 1 is 0.714 bits per heavy atom. The van der Waals surface area contributed by atoms with Crippen molar-refractivity contribution in [2.75, 3.05) is 0 Å². The van der Waals surface area contributed by atoms with Gasteiger partial charge >= 0.3 is 0 Å². The molecular formula is C26H17NO. The Balaban J connectivity index is 1.72. The summed E-state index contributed by atoms with van der Waals surface area (Å²) in [7, 11) is 1.99. The molecule has 0 aliphatic rings. The average Bonchev–Trinajstić information content (AvgIpc) is 3.10. The zero-order valence-corrected chi connectivity index (χ0v) is 15.4. The molecule has 132 valence electrons. The molecule has 0 radical (unpaired) electrons. The average molecular weight is 359 g/mol. The Hall–Kier alpha value is -3.65. The van der Waals surface area contributed by atoms with Crippen LogP contribution in [0, 0.1) is 6.20 Å². The van der Waals surface area contributed by atoms with E-state index in [1.807, 2.05) is 23.9 Å². The highest BCUT2D eigenvalue weighted by atomic mass is 16.3. The van der Waals surface area contributed by atoms with E-state index < -0.39 is 0 Å². The maximum absolute atomic E-state index is 6.41. The van der Waals surface area contributed by atoms with Gasteiger partial charge in [0.25, 0.3) is 0 Å². The number of rotatable bonds is 1. The lowest BCUT2D eigenvalue weighted by Gasteiger charge is -2.07. The molecule has 0 aliphatic heterocycles. The van der Waals surface area contributed by atoms with Crippen LogP contribution in [0.15, 0.2) is 89.5 Å². The molecule has 0 spiro atoms. The third-order valence-electron chi connectivity index (χ3n) is 5.52. The quantitative estimate of drug-likeness (QED) is 0.194. The van der Waals surface area contributed by atoms with Gasteiger partial charge in [-0.1, -0.05) is 71.8 Å². The van der Waals surface area contributed by atoms with E-state index in [1.54, 1.807) is 0 Å². The fraction of sp³-hybridized carbons (Fsp3) is 0.0385. The zero-order chi connectivity index (χ0) is 18.7. The van der Waals surface area contributed by atoms with Crippen molar-refractivity contribution in [1.29, 1.82) is 0 Å². The van der Waals surface area contributed by atoms with Crippen molar-refractivity contribution in [2.45, 2.75) is 0 Å². The van der Waals surface area contributed by atoms with Crippen molar-refractivity contribution in [3.63, 3.8) is 0 Å². The van der Waals surface area contributed by atoms with Gasteiger partial charge in [0, 0.05) is 10.8 Å². The molecule has 0 saturated carbocycles. The predicted molar refractivity (Wildman–Crippen MR) is 114 cm³/mol. The van der Waals surface area contributed by atoms with Crippen molar-refractivity contribution in [1.82, 2.24) is 0 Å². The van der Waals surface area contributed by atoms with Crippen LogP contribution in [0.4, 0.5) is 0 Å². The highest BCUT2D eigenvalue weighted by Gasteiger charge is 2.12. The normalized spacial score (nSPS) is 11.8. The molecule has 0 unspecified atom stereocenters. The Labute approximate surface area is 162 Å². The van der Waals surface area contributed by atoms with Gasteiger partial charge in [0.05, 0.1) is 6.20 Å². The first-order chi connectivity index (χ1) is 13.8. The van der Waals surface area contributed by atoms with E-state index in [9.17, 15) is 0 Å².